The summed E-state index contributed by atoms with van der Waals surface area (Å²) in [7, 11) is 0. The van der Waals surface area contributed by atoms with Crippen molar-refractivity contribution in [3.63, 3.8) is 0 Å². The van der Waals surface area contributed by atoms with E-state index >= 15 is 0 Å². The highest BCUT2D eigenvalue weighted by Gasteiger charge is 2.15. The standard InChI is InChI=1S/C18H19ClN2O2/c19-16-5-6-17(20-12-16)14-1-3-15(4-2-14)18(22)21-11-13-7-9-23-10-8-13/h1-6,12-13H,7-11H2,(H,21,22). The smallest absolute Gasteiger partial charge is 0.251 e. The summed E-state index contributed by atoms with van der Waals surface area (Å²) in [6.45, 7) is 2.30. The Balaban J connectivity index is 1.59. The van der Waals surface area contributed by atoms with Crippen LogP contribution >= 0.6 is 11.6 Å². The lowest BCUT2D eigenvalue weighted by molar-refractivity contribution is 0.0642. The number of halogens is 1. The Morgan fingerprint density at radius 1 is 1.17 bits per heavy atom. The average molecular weight is 331 g/mol. The van der Waals surface area contributed by atoms with Crippen LogP contribution in [0.15, 0.2) is 42.6 Å². The van der Waals surface area contributed by atoms with Gasteiger partial charge >= 0.3 is 0 Å². The van der Waals surface area contributed by atoms with Gasteiger partial charge in [-0.15, -0.1) is 0 Å². The van der Waals surface area contributed by atoms with Gasteiger partial charge in [-0.05, 0) is 43.0 Å². The van der Waals surface area contributed by atoms with Gasteiger partial charge in [-0.25, -0.2) is 0 Å². The Morgan fingerprint density at radius 2 is 1.91 bits per heavy atom. The van der Waals surface area contributed by atoms with Crippen molar-refractivity contribution in [2.24, 2.45) is 5.92 Å². The van der Waals surface area contributed by atoms with Crippen LogP contribution in [0.3, 0.4) is 0 Å². The van der Waals surface area contributed by atoms with E-state index in [-0.39, 0.29) is 5.91 Å². The number of hydrogen-bond acceptors (Lipinski definition) is 3. The minimum atomic E-state index is -0.0351. The fourth-order valence-corrected chi connectivity index (χ4v) is 2.74. The molecule has 4 nitrogen and oxygen atoms in total. The molecule has 1 N–H and O–H groups in total. The fraction of sp³-hybridized carbons (Fsp3) is 0.333. The molecule has 0 unspecified atom stereocenters. The number of carbonyl (C=O) groups excluding carboxylic acids is 1. The van der Waals surface area contributed by atoms with Crippen molar-refractivity contribution in [3.05, 3.63) is 53.2 Å². The molecule has 1 amide bonds. The lowest BCUT2D eigenvalue weighted by Crippen LogP contribution is -2.32. The van der Waals surface area contributed by atoms with Crippen LogP contribution in [0.5, 0.6) is 0 Å². The third kappa shape index (κ3) is 4.30. The molecule has 120 valence electrons. The summed E-state index contributed by atoms with van der Waals surface area (Å²) in [6, 6.07) is 11.1. The number of ether oxygens (including phenoxy) is 1. The normalized spacial score (nSPS) is 15.3. The molecule has 1 aliphatic heterocycles. The van der Waals surface area contributed by atoms with E-state index in [4.69, 9.17) is 16.3 Å². The molecule has 1 aromatic carbocycles. The number of benzene rings is 1. The lowest BCUT2D eigenvalue weighted by Gasteiger charge is -2.22. The van der Waals surface area contributed by atoms with Crippen LogP contribution in [0.2, 0.25) is 5.02 Å². The molecular formula is C18H19ClN2O2. The highest BCUT2D eigenvalue weighted by atomic mass is 35.5. The lowest BCUT2D eigenvalue weighted by atomic mass is 10.0. The maximum absolute atomic E-state index is 12.2. The fourth-order valence-electron chi connectivity index (χ4n) is 2.63. The molecule has 3 rings (SSSR count). The van der Waals surface area contributed by atoms with Crippen molar-refractivity contribution in [3.8, 4) is 11.3 Å². The minimum Gasteiger partial charge on any atom is -0.381 e. The van der Waals surface area contributed by atoms with Gasteiger partial charge in [0.25, 0.3) is 5.91 Å². The molecule has 1 saturated heterocycles. The maximum Gasteiger partial charge on any atom is 0.251 e. The van der Waals surface area contributed by atoms with Crippen LogP contribution < -0.4 is 5.32 Å². The van der Waals surface area contributed by atoms with Crippen LogP contribution in [0, 0.1) is 5.92 Å². The second-order valence-corrected chi connectivity index (χ2v) is 6.14. The molecule has 0 bridgehead atoms. The first-order valence-corrected chi connectivity index (χ1v) is 8.18. The number of pyridine rings is 1. The van der Waals surface area contributed by atoms with Crippen molar-refractivity contribution >= 4 is 17.5 Å². The number of rotatable bonds is 4. The zero-order valence-electron chi connectivity index (χ0n) is 12.8. The Hall–Kier alpha value is -1.91. The van der Waals surface area contributed by atoms with E-state index in [0.29, 0.717) is 23.0 Å². The summed E-state index contributed by atoms with van der Waals surface area (Å²) < 4.78 is 5.33. The van der Waals surface area contributed by atoms with Gasteiger partial charge in [0.1, 0.15) is 0 Å². The first kappa shape index (κ1) is 16.0. The summed E-state index contributed by atoms with van der Waals surface area (Å²) in [5.74, 6) is 0.484. The summed E-state index contributed by atoms with van der Waals surface area (Å²) in [6.07, 6.45) is 3.65. The molecule has 1 fully saturated rings. The van der Waals surface area contributed by atoms with Crippen LogP contribution in [-0.2, 0) is 4.74 Å². The van der Waals surface area contributed by atoms with Gasteiger partial charge in [0.05, 0.1) is 10.7 Å². The van der Waals surface area contributed by atoms with E-state index in [1.54, 1.807) is 12.3 Å². The first-order valence-electron chi connectivity index (χ1n) is 7.80. The Kier molecular flexibility index (Phi) is 5.26. The maximum atomic E-state index is 12.2. The summed E-state index contributed by atoms with van der Waals surface area (Å²) >= 11 is 5.84. The van der Waals surface area contributed by atoms with Crippen molar-refractivity contribution in [1.82, 2.24) is 10.3 Å². The SMILES string of the molecule is O=C(NCC1CCOCC1)c1ccc(-c2ccc(Cl)cn2)cc1. The summed E-state index contributed by atoms with van der Waals surface area (Å²) in [5.41, 5.74) is 2.46. The topological polar surface area (TPSA) is 51.2 Å². The van der Waals surface area contributed by atoms with Gasteiger partial charge in [-0.2, -0.15) is 0 Å². The predicted molar refractivity (Wildman–Crippen MR) is 90.6 cm³/mol. The van der Waals surface area contributed by atoms with Crippen LogP contribution in [0.1, 0.15) is 23.2 Å². The molecule has 2 heterocycles. The van der Waals surface area contributed by atoms with Crippen molar-refractivity contribution in [2.75, 3.05) is 19.8 Å². The molecule has 0 saturated carbocycles. The predicted octanol–water partition coefficient (Wildman–Crippen LogP) is 3.56. The first-order chi connectivity index (χ1) is 11.2. The highest BCUT2D eigenvalue weighted by molar-refractivity contribution is 6.30. The summed E-state index contributed by atoms with van der Waals surface area (Å²) in [4.78, 5) is 16.5. The third-order valence-corrected chi connectivity index (χ3v) is 4.29. The zero-order valence-corrected chi connectivity index (χ0v) is 13.6. The molecular weight excluding hydrogens is 312 g/mol. The number of amides is 1. The number of nitrogens with one attached hydrogen (secondary N) is 1. The average Bonchev–Trinajstić information content (AvgIpc) is 2.61. The Bertz CT molecular complexity index is 650. The quantitative estimate of drug-likeness (QED) is 0.932. The van der Waals surface area contributed by atoms with Gasteiger partial charge in [0.15, 0.2) is 0 Å². The Labute approximate surface area is 140 Å². The molecule has 23 heavy (non-hydrogen) atoms. The number of hydrogen-bond donors (Lipinski definition) is 1. The van der Waals surface area contributed by atoms with Gasteiger partial charge in [-0.3, -0.25) is 9.78 Å². The molecule has 0 spiro atoms. The van der Waals surface area contributed by atoms with Crippen LogP contribution in [0.4, 0.5) is 0 Å². The molecule has 2 aromatic rings. The number of nitrogens with zero attached hydrogens (tertiary/aromatic N) is 1. The number of carbonyl (C=O) groups is 1. The highest BCUT2D eigenvalue weighted by Crippen LogP contribution is 2.19. The minimum absolute atomic E-state index is 0.0351. The van der Waals surface area contributed by atoms with Crippen molar-refractivity contribution in [2.45, 2.75) is 12.8 Å². The van der Waals surface area contributed by atoms with E-state index in [1.807, 2.05) is 30.3 Å². The van der Waals surface area contributed by atoms with Gasteiger partial charge < -0.3 is 10.1 Å². The second-order valence-electron chi connectivity index (χ2n) is 5.70. The van der Waals surface area contributed by atoms with E-state index in [1.165, 1.54) is 0 Å². The third-order valence-electron chi connectivity index (χ3n) is 4.06. The molecule has 0 atom stereocenters. The second kappa shape index (κ2) is 7.57. The Morgan fingerprint density at radius 3 is 2.57 bits per heavy atom. The van der Waals surface area contributed by atoms with Crippen molar-refractivity contribution < 1.29 is 9.53 Å². The molecule has 0 aliphatic carbocycles. The monoisotopic (exact) mass is 330 g/mol. The van der Waals surface area contributed by atoms with Gasteiger partial charge in [0.2, 0.25) is 0 Å². The zero-order chi connectivity index (χ0) is 16.1. The van der Waals surface area contributed by atoms with Gasteiger partial charge in [-0.1, -0.05) is 23.7 Å². The van der Waals surface area contributed by atoms with Crippen molar-refractivity contribution in [1.29, 1.82) is 0 Å². The van der Waals surface area contributed by atoms with Crippen LogP contribution in [0.25, 0.3) is 11.3 Å². The molecule has 5 heteroatoms. The van der Waals surface area contributed by atoms with Gasteiger partial charge in [0, 0.05) is 37.1 Å². The van der Waals surface area contributed by atoms with E-state index < -0.39 is 0 Å². The van der Waals surface area contributed by atoms with Crippen LogP contribution in [-0.4, -0.2) is 30.6 Å². The molecule has 1 aromatic heterocycles. The largest absolute Gasteiger partial charge is 0.381 e. The molecule has 1 aliphatic rings. The van der Waals surface area contributed by atoms with E-state index in [9.17, 15) is 4.79 Å². The molecule has 0 radical (unpaired) electrons. The van der Waals surface area contributed by atoms with E-state index in [0.717, 1.165) is 37.3 Å². The number of aromatic nitrogens is 1. The summed E-state index contributed by atoms with van der Waals surface area (Å²) in [5, 5.41) is 3.62. The van der Waals surface area contributed by atoms with E-state index in [2.05, 4.69) is 10.3 Å².